The molecule has 0 aliphatic carbocycles. The van der Waals surface area contributed by atoms with E-state index in [1.165, 1.54) is 6.07 Å². The first-order valence-electron chi connectivity index (χ1n) is 9.10. The molecule has 7 heteroatoms. The van der Waals surface area contributed by atoms with Gasteiger partial charge in [-0.15, -0.1) is 0 Å². The average Bonchev–Trinajstić information content (AvgIpc) is 3.20. The smallest absolute Gasteiger partial charge is 0.336 e. The minimum absolute atomic E-state index is 0.288. The van der Waals surface area contributed by atoms with E-state index in [9.17, 15) is 4.79 Å². The van der Waals surface area contributed by atoms with Gasteiger partial charge in [0.05, 0.1) is 19.9 Å². The van der Waals surface area contributed by atoms with Gasteiger partial charge in [0.25, 0.3) is 0 Å². The van der Waals surface area contributed by atoms with Crippen molar-refractivity contribution in [3.05, 3.63) is 70.1 Å². The summed E-state index contributed by atoms with van der Waals surface area (Å²) in [6.07, 6.45) is 1.63. The lowest BCUT2D eigenvalue weighted by molar-refractivity contribution is 0.0235. The number of hydroxylamine groups is 1. The van der Waals surface area contributed by atoms with Gasteiger partial charge >= 0.3 is 5.63 Å². The molecule has 4 rings (SSSR count). The van der Waals surface area contributed by atoms with Crippen molar-refractivity contribution in [2.45, 2.75) is 13.0 Å². The predicted octanol–water partition coefficient (Wildman–Crippen LogP) is 3.44. The Morgan fingerprint density at radius 3 is 2.66 bits per heavy atom. The molecule has 1 atom stereocenters. The number of ether oxygens (including phenoxy) is 3. The molecule has 7 nitrogen and oxygen atoms in total. The van der Waals surface area contributed by atoms with Crippen LogP contribution in [0.3, 0.4) is 0 Å². The standard InChI is InChI=1S/C22H21NO6/c1-13-8-22(24)28-21-11-15(5-6-17(13)21)27-12-16-9-19(23-29-16)18-7-4-14(25-2)10-20(18)26-3/h4-11,16,23H,12H2,1-3H3/t16-/m1/s1. The van der Waals surface area contributed by atoms with Crippen molar-refractivity contribution in [3.63, 3.8) is 0 Å². The number of hydrogen-bond donors (Lipinski definition) is 1. The van der Waals surface area contributed by atoms with Crippen LogP contribution in [0.15, 0.2) is 57.8 Å². The van der Waals surface area contributed by atoms with Gasteiger partial charge in [0.15, 0.2) is 0 Å². The monoisotopic (exact) mass is 395 g/mol. The quantitative estimate of drug-likeness (QED) is 0.641. The van der Waals surface area contributed by atoms with E-state index < -0.39 is 0 Å². The Morgan fingerprint density at radius 2 is 1.86 bits per heavy atom. The maximum atomic E-state index is 11.6. The van der Waals surface area contributed by atoms with E-state index >= 15 is 0 Å². The Hall–Kier alpha value is -3.45. The third-order valence-electron chi connectivity index (χ3n) is 4.71. The van der Waals surface area contributed by atoms with Crippen molar-refractivity contribution in [2.24, 2.45) is 0 Å². The number of methoxy groups -OCH3 is 2. The van der Waals surface area contributed by atoms with E-state index in [0.29, 0.717) is 22.8 Å². The third kappa shape index (κ3) is 3.90. The largest absolute Gasteiger partial charge is 0.497 e. The zero-order chi connectivity index (χ0) is 20.4. The minimum atomic E-state index is -0.378. The summed E-state index contributed by atoms with van der Waals surface area (Å²) in [6.45, 7) is 2.16. The van der Waals surface area contributed by atoms with Crippen molar-refractivity contribution in [2.75, 3.05) is 20.8 Å². The number of fused-ring (bicyclic) bond motifs is 1. The highest BCUT2D eigenvalue weighted by Gasteiger charge is 2.21. The van der Waals surface area contributed by atoms with Crippen LogP contribution in [0.1, 0.15) is 11.1 Å². The van der Waals surface area contributed by atoms with Crippen LogP contribution in [0.2, 0.25) is 0 Å². The highest BCUT2D eigenvalue weighted by Crippen LogP contribution is 2.31. The Balaban J connectivity index is 1.48. The van der Waals surface area contributed by atoms with E-state index in [2.05, 4.69) is 5.48 Å². The van der Waals surface area contributed by atoms with Gasteiger partial charge in [-0.05, 0) is 42.8 Å². The summed E-state index contributed by atoms with van der Waals surface area (Å²) in [5.74, 6) is 1.98. The molecule has 2 heterocycles. The molecule has 1 aromatic heterocycles. The fourth-order valence-corrected chi connectivity index (χ4v) is 3.21. The summed E-state index contributed by atoms with van der Waals surface area (Å²) in [5, 5.41) is 0.879. The Kier molecular flexibility index (Phi) is 5.14. The zero-order valence-corrected chi connectivity index (χ0v) is 16.4. The van der Waals surface area contributed by atoms with Crippen molar-refractivity contribution in [3.8, 4) is 17.2 Å². The molecule has 0 radical (unpaired) electrons. The SMILES string of the molecule is COc1ccc(C2=C[C@H](COc3ccc4c(C)cc(=O)oc4c3)ON2)c(OC)c1. The Labute approximate surface area is 167 Å². The molecule has 0 bridgehead atoms. The molecule has 1 aliphatic rings. The number of nitrogens with one attached hydrogen (secondary N) is 1. The number of benzene rings is 2. The highest BCUT2D eigenvalue weighted by atomic mass is 16.7. The van der Waals surface area contributed by atoms with Crippen LogP contribution in [0, 0.1) is 6.92 Å². The van der Waals surface area contributed by atoms with E-state index in [-0.39, 0.29) is 18.3 Å². The second-order valence-electron chi connectivity index (χ2n) is 6.62. The summed E-state index contributed by atoms with van der Waals surface area (Å²) in [4.78, 5) is 17.2. The summed E-state index contributed by atoms with van der Waals surface area (Å²) < 4.78 is 21.8. The lowest BCUT2D eigenvalue weighted by Crippen LogP contribution is -2.19. The first-order valence-corrected chi connectivity index (χ1v) is 9.10. The van der Waals surface area contributed by atoms with Crippen molar-refractivity contribution < 1.29 is 23.5 Å². The Morgan fingerprint density at radius 1 is 1.03 bits per heavy atom. The van der Waals surface area contributed by atoms with Crippen molar-refractivity contribution >= 4 is 16.7 Å². The molecule has 1 N–H and O–H groups in total. The summed E-state index contributed by atoms with van der Waals surface area (Å²) in [6, 6.07) is 12.5. The molecule has 0 unspecified atom stereocenters. The topological polar surface area (TPSA) is 79.2 Å². The van der Waals surface area contributed by atoms with E-state index in [1.807, 2.05) is 43.3 Å². The first-order chi connectivity index (χ1) is 14.1. The first kappa shape index (κ1) is 18.9. The van der Waals surface area contributed by atoms with Gasteiger partial charge in [-0.1, -0.05) is 0 Å². The van der Waals surface area contributed by atoms with Gasteiger partial charge < -0.3 is 18.6 Å². The van der Waals surface area contributed by atoms with Gasteiger partial charge in [0.2, 0.25) is 0 Å². The molecule has 150 valence electrons. The number of hydrogen-bond acceptors (Lipinski definition) is 7. The lowest BCUT2D eigenvalue weighted by atomic mass is 10.1. The maximum absolute atomic E-state index is 11.6. The molecule has 0 saturated heterocycles. The van der Waals surface area contributed by atoms with E-state index in [1.54, 1.807) is 20.3 Å². The van der Waals surface area contributed by atoms with Gasteiger partial charge in [0.1, 0.15) is 35.5 Å². The van der Waals surface area contributed by atoms with Gasteiger partial charge in [-0.3, -0.25) is 10.3 Å². The maximum Gasteiger partial charge on any atom is 0.336 e. The van der Waals surface area contributed by atoms with Crippen LogP contribution in [0.25, 0.3) is 16.7 Å². The zero-order valence-electron chi connectivity index (χ0n) is 16.4. The summed E-state index contributed by atoms with van der Waals surface area (Å²) in [7, 11) is 3.21. The molecule has 0 fully saturated rings. The average molecular weight is 395 g/mol. The molecule has 0 amide bonds. The second kappa shape index (κ2) is 7.89. The Bertz CT molecular complexity index is 1130. The van der Waals surface area contributed by atoms with E-state index in [4.69, 9.17) is 23.5 Å². The van der Waals surface area contributed by atoms with Crippen LogP contribution in [0.4, 0.5) is 0 Å². The van der Waals surface area contributed by atoms with Gasteiger partial charge in [-0.25, -0.2) is 4.79 Å². The van der Waals surface area contributed by atoms with Crippen LogP contribution < -0.4 is 25.3 Å². The molecular formula is C22H21NO6. The molecule has 29 heavy (non-hydrogen) atoms. The predicted molar refractivity (Wildman–Crippen MR) is 108 cm³/mol. The second-order valence-corrected chi connectivity index (χ2v) is 6.62. The highest BCUT2D eigenvalue weighted by molar-refractivity contribution is 5.81. The molecule has 2 aromatic carbocycles. The van der Waals surface area contributed by atoms with Crippen molar-refractivity contribution in [1.29, 1.82) is 0 Å². The molecule has 3 aromatic rings. The van der Waals surface area contributed by atoms with Crippen LogP contribution >= 0.6 is 0 Å². The number of aryl methyl sites for hydroxylation is 1. The summed E-state index contributed by atoms with van der Waals surface area (Å²) in [5.41, 5.74) is 5.55. The van der Waals surface area contributed by atoms with Gasteiger partial charge in [-0.2, -0.15) is 0 Å². The normalized spacial score (nSPS) is 15.7. The van der Waals surface area contributed by atoms with Crippen LogP contribution in [0.5, 0.6) is 17.2 Å². The van der Waals surface area contributed by atoms with Gasteiger partial charge in [0, 0.05) is 29.1 Å². The van der Waals surface area contributed by atoms with E-state index in [0.717, 1.165) is 22.2 Å². The minimum Gasteiger partial charge on any atom is -0.497 e. The molecule has 0 saturated carbocycles. The molecule has 0 spiro atoms. The van der Waals surface area contributed by atoms with Crippen molar-refractivity contribution in [1.82, 2.24) is 5.48 Å². The lowest BCUT2D eigenvalue weighted by Gasteiger charge is -2.11. The van der Waals surface area contributed by atoms with Crippen LogP contribution in [-0.4, -0.2) is 26.9 Å². The molecular weight excluding hydrogens is 374 g/mol. The number of rotatable bonds is 6. The third-order valence-corrected chi connectivity index (χ3v) is 4.71. The van der Waals surface area contributed by atoms with Crippen LogP contribution in [-0.2, 0) is 4.84 Å². The fourth-order valence-electron chi connectivity index (χ4n) is 3.21. The summed E-state index contributed by atoms with van der Waals surface area (Å²) >= 11 is 0. The molecule has 1 aliphatic heterocycles. The fraction of sp³-hybridized carbons (Fsp3) is 0.227.